The van der Waals surface area contributed by atoms with Crippen LogP contribution in [0.1, 0.15) is 19.4 Å². The molecule has 0 saturated carbocycles. The Balaban J connectivity index is 1.43. The SMILES string of the molecule is CCOc1ccc(OCC)c(NC(=O)CN2C(=O)NC(Cc3c[nH]c4ccccc34)C2=O)c1. The van der Waals surface area contributed by atoms with Gasteiger partial charge < -0.3 is 25.1 Å². The first-order valence-electron chi connectivity index (χ1n) is 10.9. The number of urea groups is 1. The van der Waals surface area contributed by atoms with E-state index in [9.17, 15) is 14.4 Å². The molecule has 9 heteroatoms. The molecular formula is C24H26N4O5. The van der Waals surface area contributed by atoms with Gasteiger partial charge in [0, 0.05) is 29.6 Å². The molecule has 1 fully saturated rings. The molecule has 0 aliphatic carbocycles. The number of nitrogens with one attached hydrogen (secondary N) is 3. The number of fused-ring (bicyclic) bond motifs is 1. The highest BCUT2D eigenvalue weighted by Crippen LogP contribution is 2.29. The normalized spacial score (nSPS) is 15.6. The highest BCUT2D eigenvalue weighted by Gasteiger charge is 2.39. The molecule has 0 bridgehead atoms. The van der Waals surface area contributed by atoms with Gasteiger partial charge in [0.25, 0.3) is 5.91 Å². The van der Waals surface area contributed by atoms with Gasteiger partial charge in [-0.05, 0) is 37.6 Å². The Labute approximate surface area is 191 Å². The maximum absolute atomic E-state index is 12.9. The van der Waals surface area contributed by atoms with Gasteiger partial charge in [-0.1, -0.05) is 18.2 Å². The molecule has 0 radical (unpaired) electrons. The number of nitrogens with zero attached hydrogens (tertiary/aromatic N) is 1. The number of H-pyrrole nitrogens is 1. The average Bonchev–Trinajstić information content (AvgIpc) is 3.32. The van der Waals surface area contributed by atoms with Crippen LogP contribution in [-0.4, -0.2) is 53.5 Å². The van der Waals surface area contributed by atoms with E-state index >= 15 is 0 Å². The number of hydrogen-bond acceptors (Lipinski definition) is 5. The second-order valence-electron chi connectivity index (χ2n) is 7.56. The van der Waals surface area contributed by atoms with Crippen molar-refractivity contribution < 1.29 is 23.9 Å². The summed E-state index contributed by atoms with van der Waals surface area (Å²) in [5.41, 5.74) is 2.29. The smallest absolute Gasteiger partial charge is 0.325 e. The fraction of sp³-hybridized carbons (Fsp3) is 0.292. The molecule has 1 atom stereocenters. The van der Waals surface area contributed by atoms with Crippen LogP contribution in [0.2, 0.25) is 0 Å². The number of carbonyl (C=O) groups is 3. The zero-order valence-electron chi connectivity index (χ0n) is 18.5. The molecule has 2 aromatic carbocycles. The van der Waals surface area contributed by atoms with E-state index in [0.717, 1.165) is 21.4 Å². The lowest BCUT2D eigenvalue weighted by Gasteiger charge is -2.16. The average molecular weight is 450 g/mol. The lowest BCUT2D eigenvalue weighted by molar-refractivity contribution is -0.130. The molecule has 0 spiro atoms. The molecule has 3 aromatic rings. The summed E-state index contributed by atoms with van der Waals surface area (Å²) >= 11 is 0. The van der Waals surface area contributed by atoms with Gasteiger partial charge in [0.2, 0.25) is 5.91 Å². The maximum atomic E-state index is 12.9. The zero-order valence-corrected chi connectivity index (χ0v) is 18.5. The molecule has 2 heterocycles. The van der Waals surface area contributed by atoms with Crippen LogP contribution in [0.15, 0.2) is 48.7 Å². The van der Waals surface area contributed by atoms with Crippen molar-refractivity contribution in [2.24, 2.45) is 0 Å². The van der Waals surface area contributed by atoms with Crippen LogP contribution in [-0.2, 0) is 16.0 Å². The van der Waals surface area contributed by atoms with Crippen LogP contribution in [0.25, 0.3) is 10.9 Å². The van der Waals surface area contributed by atoms with Crippen molar-refractivity contribution in [2.45, 2.75) is 26.3 Å². The number of amides is 4. The van der Waals surface area contributed by atoms with Gasteiger partial charge in [-0.2, -0.15) is 0 Å². The van der Waals surface area contributed by atoms with Crippen molar-refractivity contribution >= 4 is 34.4 Å². The number of benzene rings is 2. The van der Waals surface area contributed by atoms with E-state index in [0.29, 0.717) is 36.8 Å². The Hall–Kier alpha value is -4.01. The fourth-order valence-corrected chi connectivity index (χ4v) is 3.86. The van der Waals surface area contributed by atoms with Crippen molar-refractivity contribution in [1.82, 2.24) is 15.2 Å². The van der Waals surface area contributed by atoms with Crippen molar-refractivity contribution in [3.63, 3.8) is 0 Å². The lowest BCUT2D eigenvalue weighted by Crippen LogP contribution is -2.38. The number of ether oxygens (including phenoxy) is 2. The van der Waals surface area contributed by atoms with Gasteiger partial charge >= 0.3 is 6.03 Å². The quantitative estimate of drug-likeness (QED) is 0.434. The number of para-hydroxylation sites is 1. The van der Waals surface area contributed by atoms with Crippen LogP contribution >= 0.6 is 0 Å². The van der Waals surface area contributed by atoms with Gasteiger partial charge in [0.15, 0.2) is 0 Å². The van der Waals surface area contributed by atoms with E-state index < -0.39 is 30.4 Å². The van der Waals surface area contributed by atoms with Gasteiger partial charge in [-0.25, -0.2) is 4.79 Å². The summed E-state index contributed by atoms with van der Waals surface area (Å²) in [7, 11) is 0. The summed E-state index contributed by atoms with van der Waals surface area (Å²) in [4.78, 5) is 42.1. The van der Waals surface area contributed by atoms with Crippen LogP contribution in [0.5, 0.6) is 11.5 Å². The molecule has 3 N–H and O–H groups in total. The molecule has 1 aromatic heterocycles. The first-order valence-corrected chi connectivity index (χ1v) is 10.9. The summed E-state index contributed by atoms with van der Waals surface area (Å²) in [6.45, 7) is 4.18. The fourth-order valence-electron chi connectivity index (χ4n) is 3.86. The van der Waals surface area contributed by atoms with E-state index in [1.165, 1.54) is 0 Å². The summed E-state index contributed by atoms with van der Waals surface area (Å²) in [5, 5.41) is 6.40. The first-order chi connectivity index (χ1) is 16.0. The number of aromatic nitrogens is 1. The highest BCUT2D eigenvalue weighted by atomic mass is 16.5. The number of aromatic amines is 1. The van der Waals surface area contributed by atoms with Crippen molar-refractivity contribution in [2.75, 3.05) is 25.1 Å². The van der Waals surface area contributed by atoms with Crippen LogP contribution in [0.3, 0.4) is 0 Å². The monoisotopic (exact) mass is 450 g/mol. The Morgan fingerprint density at radius 2 is 1.88 bits per heavy atom. The number of imide groups is 1. The third-order valence-corrected chi connectivity index (χ3v) is 5.34. The van der Waals surface area contributed by atoms with Crippen molar-refractivity contribution in [1.29, 1.82) is 0 Å². The molecule has 172 valence electrons. The van der Waals surface area contributed by atoms with Crippen LogP contribution in [0.4, 0.5) is 10.5 Å². The lowest BCUT2D eigenvalue weighted by atomic mass is 10.1. The predicted octanol–water partition coefficient (Wildman–Crippen LogP) is 3.07. The Kier molecular flexibility index (Phi) is 6.48. The second kappa shape index (κ2) is 9.64. The standard InChI is InChI=1S/C24H26N4O5/c1-3-32-16-9-10-21(33-4-2)19(12-16)26-22(29)14-28-23(30)20(27-24(28)31)11-15-13-25-18-8-6-5-7-17(15)18/h5-10,12-13,20,25H,3-4,11,14H2,1-2H3,(H,26,29)(H,27,31). The molecule has 1 aliphatic rings. The van der Waals surface area contributed by atoms with E-state index in [1.807, 2.05) is 44.3 Å². The maximum Gasteiger partial charge on any atom is 0.325 e. The highest BCUT2D eigenvalue weighted by molar-refractivity contribution is 6.08. The third kappa shape index (κ3) is 4.77. The van der Waals surface area contributed by atoms with Gasteiger partial charge in [0.1, 0.15) is 24.1 Å². The molecule has 4 amide bonds. The molecular weight excluding hydrogens is 424 g/mol. The van der Waals surface area contributed by atoms with Crippen molar-refractivity contribution in [3.05, 3.63) is 54.2 Å². The van der Waals surface area contributed by atoms with E-state index in [4.69, 9.17) is 9.47 Å². The van der Waals surface area contributed by atoms with E-state index in [-0.39, 0.29) is 0 Å². The summed E-state index contributed by atoms with van der Waals surface area (Å²) in [6, 6.07) is 11.5. The molecule has 9 nitrogen and oxygen atoms in total. The van der Waals surface area contributed by atoms with Gasteiger partial charge in [0.05, 0.1) is 18.9 Å². The predicted molar refractivity (Wildman–Crippen MR) is 123 cm³/mol. The van der Waals surface area contributed by atoms with E-state index in [1.54, 1.807) is 18.2 Å². The van der Waals surface area contributed by atoms with Gasteiger partial charge in [-0.3, -0.25) is 14.5 Å². The molecule has 1 aliphatic heterocycles. The topological polar surface area (TPSA) is 113 Å². The first kappa shape index (κ1) is 22.2. The number of hydrogen-bond donors (Lipinski definition) is 3. The number of carbonyl (C=O) groups excluding carboxylic acids is 3. The number of anilines is 1. The minimum absolute atomic E-state index is 0.331. The molecule has 1 saturated heterocycles. The largest absolute Gasteiger partial charge is 0.494 e. The van der Waals surface area contributed by atoms with E-state index in [2.05, 4.69) is 15.6 Å². The molecule has 1 unspecified atom stereocenters. The third-order valence-electron chi connectivity index (χ3n) is 5.34. The summed E-state index contributed by atoms with van der Waals surface area (Å²) in [5.74, 6) is 0.100. The Bertz CT molecular complexity index is 1190. The van der Waals surface area contributed by atoms with Crippen molar-refractivity contribution in [3.8, 4) is 11.5 Å². The van der Waals surface area contributed by atoms with Gasteiger partial charge in [-0.15, -0.1) is 0 Å². The van der Waals surface area contributed by atoms with Crippen LogP contribution in [0, 0.1) is 0 Å². The number of rotatable bonds is 9. The molecule has 4 rings (SSSR count). The minimum atomic E-state index is -0.732. The Morgan fingerprint density at radius 1 is 1.09 bits per heavy atom. The zero-order chi connectivity index (χ0) is 23.4. The second-order valence-corrected chi connectivity index (χ2v) is 7.56. The summed E-state index contributed by atoms with van der Waals surface area (Å²) < 4.78 is 11.0. The summed E-state index contributed by atoms with van der Waals surface area (Å²) in [6.07, 6.45) is 2.16. The molecule has 33 heavy (non-hydrogen) atoms. The Morgan fingerprint density at radius 3 is 2.67 bits per heavy atom. The minimum Gasteiger partial charge on any atom is -0.494 e. The van der Waals surface area contributed by atoms with Crippen LogP contribution < -0.4 is 20.1 Å².